The molecule has 7 heteroatoms. The van der Waals surface area contributed by atoms with Crippen LogP contribution in [0.4, 0.5) is 0 Å². The molecule has 0 atom stereocenters. The monoisotopic (exact) mass is 335 g/mol. The largest absolute Gasteiger partial charge is 0.393 e. The number of aliphatic hydroxyl groups excluding tert-OH is 1. The van der Waals surface area contributed by atoms with Crippen molar-refractivity contribution >= 4 is 10.0 Å². The lowest BCUT2D eigenvalue weighted by molar-refractivity contribution is 0.120. The van der Waals surface area contributed by atoms with Crippen molar-refractivity contribution in [3.63, 3.8) is 0 Å². The summed E-state index contributed by atoms with van der Waals surface area (Å²) in [5.74, 6) is 0. The van der Waals surface area contributed by atoms with Crippen molar-refractivity contribution in [3.05, 3.63) is 48.3 Å². The van der Waals surface area contributed by atoms with E-state index in [4.69, 9.17) is 0 Å². The van der Waals surface area contributed by atoms with E-state index in [2.05, 4.69) is 9.82 Å². The van der Waals surface area contributed by atoms with E-state index in [0.29, 0.717) is 32.2 Å². The van der Waals surface area contributed by atoms with Crippen LogP contribution in [-0.2, 0) is 16.6 Å². The van der Waals surface area contributed by atoms with E-state index in [1.54, 1.807) is 10.9 Å². The number of sulfonamides is 1. The van der Waals surface area contributed by atoms with Crippen LogP contribution in [0.2, 0.25) is 0 Å². The zero-order valence-corrected chi connectivity index (χ0v) is 13.6. The molecule has 1 aromatic heterocycles. The lowest BCUT2D eigenvalue weighted by atomic mass is 9.94. The van der Waals surface area contributed by atoms with E-state index < -0.39 is 10.0 Å². The first-order chi connectivity index (χ1) is 11.0. The normalized spacial score (nSPS) is 22.1. The van der Waals surface area contributed by atoms with Gasteiger partial charge in [-0.3, -0.25) is 4.68 Å². The molecule has 0 aliphatic heterocycles. The summed E-state index contributed by atoms with van der Waals surface area (Å²) in [5, 5.41) is 13.6. The Hall–Kier alpha value is -1.70. The summed E-state index contributed by atoms with van der Waals surface area (Å²) in [6, 6.07) is 9.66. The Labute approximate surface area is 136 Å². The second kappa shape index (κ2) is 6.82. The predicted octanol–water partition coefficient (Wildman–Crippen LogP) is 1.51. The second-order valence-corrected chi connectivity index (χ2v) is 7.70. The van der Waals surface area contributed by atoms with Gasteiger partial charge < -0.3 is 5.11 Å². The molecule has 0 amide bonds. The molecule has 1 fully saturated rings. The fourth-order valence-electron chi connectivity index (χ4n) is 2.82. The lowest BCUT2D eigenvalue weighted by Crippen LogP contribution is -2.38. The van der Waals surface area contributed by atoms with Gasteiger partial charge in [0.1, 0.15) is 4.90 Å². The second-order valence-electron chi connectivity index (χ2n) is 5.99. The number of nitrogens with zero attached hydrogens (tertiary/aromatic N) is 2. The Kier molecular flexibility index (Phi) is 4.79. The molecule has 0 bridgehead atoms. The number of aliphatic hydroxyl groups is 1. The predicted molar refractivity (Wildman–Crippen MR) is 86.4 cm³/mol. The summed E-state index contributed by atoms with van der Waals surface area (Å²) < 4.78 is 29.2. The first-order valence-electron chi connectivity index (χ1n) is 7.80. The van der Waals surface area contributed by atoms with E-state index >= 15 is 0 Å². The molecule has 2 aromatic rings. The van der Waals surface area contributed by atoms with Gasteiger partial charge in [-0.2, -0.15) is 5.10 Å². The number of benzene rings is 1. The number of hydrogen-bond acceptors (Lipinski definition) is 4. The summed E-state index contributed by atoms with van der Waals surface area (Å²) in [6.45, 7) is 0.534. The highest BCUT2D eigenvalue weighted by Crippen LogP contribution is 2.20. The van der Waals surface area contributed by atoms with Crippen LogP contribution in [0, 0.1) is 0 Å². The van der Waals surface area contributed by atoms with Crippen molar-refractivity contribution in [2.75, 3.05) is 0 Å². The quantitative estimate of drug-likeness (QED) is 0.867. The molecule has 0 spiro atoms. The van der Waals surface area contributed by atoms with E-state index in [-0.39, 0.29) is 17.0 Å². The first kappa shape index (κ1) is 16.2. The highest BCUT2D eigenvalue weighted by Gasteiger charge is 2.25. The molecule has 1 aromatic carbocycles. The van der Waals surface area contributed by atoms with Gasteiger partial charge in [0.15, 0.2) is 0 Å². The minimum atomic E-state index is -3.56. The maximum atomic E-state index is 12.4. The number of nitrogens with one attached hydrogen (secondary N) is 1. The van der Waals surface area contributed by atoms with Gasteiger partial charge in [0.05, 0.1) is 18.8 Å². The molecule has 1 aliphatic carbocycles. The third-order valence-electron chi connectivity index (χ3n) is 4.13. The molecule has 23 heavy (non-hydrogen) atoms. The third-order valence-corrected chi connectivity index (χ3v) is 5.60. The Balaban J connectivity index is 1.66. The van der Waals surface area contributed by atoms with Gasteiger partial charge in [-0.25, -0.2) is 13.1 Å². The number of rotatable bonds is 5. The van der Waals surface area contributed by atoms with Gasteiger partial charge in [0.2, 0.25) is 10.0 Å². The first-order valence-corrected chi connectivity index (χ1v) is 9.28. The van der Waals surface area contributed by atoms with E-state index in [1.807, 2.05) is 30.3 Å². The van der Waals surface area contributed by atoms with Crippen molar-refractivity contribution in [1.29, 1.82) is 0 Å². The van der Waals surface area contributed by atoms with Gasteiger partial charge >= 0.3 is 0 Å². The molecule has 2 N–H and O–H groups in total. The van der Waals surface area contributed by atoms with Crippen molar-refractivity contribution in [2.24, 2.45) is 0 Å². The molecule has 0 unspecified atom stereocenters. The summed E-state index contributed by atoms with van der Waals surface area (Å²) in [4.78, 5) is 0.180. The van der Waals surface area contributed by atoms with Crippen molar-refractivity contribution in [1.82, 2.24) is 14.5 Å². The molecule has 0 saturated heterocycles. The van der Waals surface area contributed by atoms with Gasteiger partial charge in [-0.1, -0.05) is 30.3 Å². The Morgan fingerprint density at radius 2 is 1.87 bits per heavy atom. The Bertz CT molecular complexity index is 735. The van der Waals surface area contributed by atoms with Crippen LogP contribution in [0.1, 0.15) is 31.2 Å². The number of hydrogen-bond donors (Lipinski definition) is 2. The van der Waals surface area contributed by atoms with Crippen LogP contribution in [0.15, 0.2) is 47.6 Å². The molecule has 6 nitrogen and oxygen atoms in total. The van der Waals surface area contributed by atoms with Crippen LogP contribution < -0.4 is 4.72 Å². The molecule has 1 saturated carbocycles. The molecule has 0 radical (unpaired) electrons. The smallest absolute Gasteiger partial charge is 0.243 e. The lowest BCUT2D eigenvalue weighted by Gasteiger charge is -2.25. The Morgan fingerprint density at radius 3 is 2.57 bits per heavy atom. The molecular weight excluding hydrogens is 314 g/mol. The van der Waals surface area contributed by atoms with Gasteiger partial charge in [-0.05, 0) is 31.2 Å². The van der Waals surface area contributed by atoms with E-state index in [1.165, 1.54) is 6.20 Å². The maximum absolute atomic E-state index is 12.4. The number of aromatic nitrogens is 2. The van der Waals surface area contributed by atoms with Crippen molar-refractivity contribution in [2.45, 2.75) is 49.3 Å². The average Bonchev–Trinajstić information content (AvgIpc) is 3.00. The van der Waals surface area contributed by atoms with Crippen LogP contribution in [-0.4, -0.2) is 35.5 Å². The molecule has 1 heterocycles. The minimum absolute atomic E-state index is 0.110. The van der Waals surface area contributed by atoms with Crippen molar-refractivity contribution in [3.8, 4) is 0 Å². The standard InChI is InChI=1S/C16H21N3O3S/c20-15-8-6-14(7-9-15)18-23(21,22)16-10-17-19(12-16)11-13-4-2-1-3-5-13/h1-5,10,12,14-15,18,20H,6-9,11H2. The molecule has 124 valence electrons. The topological polar surface area (TPSA) is 84.2 Å². The van der Waals surface area contributed by atoms with Gasteiger partial charge in [0.25, 0.3) is 0 Å². The third kappa shape index (κ3) is 4.19. The molecule has 3 rings (SSSR count). The summed E-state index contributed by atoms with van der Waals surface area (Å²) >= 11 is 0. The Morgan fingerprint density at radius 1 is 1.17 bits per heavy atom. The van der Waals surface area contributed by atoms with Crippen LogP contribution in [0.25, 0.3) is 0 Å². The van der Waals surface area contributed by atoms with E-state index in [9.17, 15) is 13.5 Å². The minimum Gasteiger partial charge on any atom is -0.393 e. The van der Waals surface area contributed by atoms with Crippen molar-refractivity contribution < 1.29 is 13.5 Å². The fourth-order valence-corrected chi connectivity index (χ4v) is 4.08. The highest BCUT2D eigenvalue weighted by atomic mass is 32.2. The zero-order chi connectivity index (χ0) is 16.3. The zero-order valence-electron chi connectivity index (χ0n) is 12.8. The average molecular weight is 335 g/mol. The SMILES string of the molecule is O=S(=O)(NC1CCC(O)CC1)c1cnn(Cc2ccccc2)c1. The van der Waals surface area contributed by atoms with Gasteiger partial charge in [0, 0.05) is 12.2 Å². The maximum Gasteiger partial charge on any atom is 0.243 e. The summed E-state index contributed by atoms with van der Waals surface area (Å²) in [5.41, 5.74) is 1.06. The fraction of sp³-hybridized carbons (Fsp3) is 0.438. The molecular formula is C16H21N3O3S. The van der Waals surface area contributed by atoms with E-state index in [0.717, 1.165) is 5.56 Å². The van der Waals surface area contributed by atoms with Crippen LogP contribution in [0.3, 0.4) is 0 Å². The molecule has 1 aliphatic rings. The van der Waals surface area contributed by atoms with Crippen LogP contribution in [0.5, 0.6) is 0 Å². The van der Waals surface area contributed by atoms with Crippen LogP contribution >= 0.6 is 0 Å². The summed E-state index contributed by atoms with van der Waals surface area (Å²) in [6.07, 6.45) is 5.23. The highest BCUT2D eigenvalue weighted by molar-refractivity contribution is 7.89. The van der Waals surface area contributed by atoms with Gasteiger partial charge in [-0.15, -0.1) is 0 Å². The summed E-state index contributed by atoms with van der Waals surface area (Å²) in [7, 11) is -3.56.